The lowest BCUT2D eigenvalue weighted by Gasteiger charge is -2.17. The number of halogens is 3. The lowest BCUT2D eigenvalue weighted by molar-refractivity contribution is -0.184. The number of rotatable bonds is 2. The van der Waals surface area contributed by atoms with Crippen molar-refractivity contribution < 1.29 is 27.9 Å². The summed E-state index contributed by atoms with van der Waals surface area (Å²) < 4.78 is 38.7. The Labute approximate surface area is 111 Å². The second kappa shape index (κ2) is 4.80. The molecule has 0 aromatic carbocycles. The van der Waals surface area contributed by atoms with Gasteiger partial charge < -0.3 is 10.0 Å². The highest BCUT2D eigenvalue weighted by molar-refractivity contribution is 5.83. The van der Waals surface area contributed by atoms with E-state index in [4.69, 9.17) is 5.11 Å². The molecule has 0 unspecified atom stereocenters. The molecule has 2 rings (SSSR count). The number of alkyl halides is 3. The van der Waals surface area contributed by atoms with Gasteiger partial charge in [-0.25, -0.2) is 0 Å². The van der Waals surface area contributed by atoms with Crippen LogP contribution < -0.4 is 0 Å². The lowest BCUT2D eigenvalue weighted by atomic mass is 9.91. The number of carboxylic acid groups (broad SMARTS) is 1. The highest BCUT2D eigenvalue weighted by Crippen LogP contribution is 2.34. The number of hydrogen-bond acceptors (Lipinski definition) is 3. The molecule has 1 N–H and O–H groups in total. The maximum Gasteiger partial charge on any atom is 0.471 e. The number of nitrogens with zero attached hydrogens (tertiary/aromatic N) is 3. The summed E-state index contributed by atoms with van der Waals surface area (Å²) >= 11 is 0. The van der Waals surface area contributed by atoms with Gasteiger partial charge in [0.05, 0.1) is 12.1 Å². The summed E-state index contributed by atoms with van der Waals surface area (Å²) in [4.78, 5) is 22.9. The van der Waals surface area contributed by atoms with Crippen LogP contribution in [0, 0.1) is 5.92 Å². The van der Waals surface area contributed by atoms with Crippen LogP contribution in [0.15, 0.2) is 12.4 Å². The first-order valence-corrected chi connectivity index (χ1v) is 5.77. The molecule has 9 heteroatoms. The molecule has 0 aliphatic carbocycles. The first-order valence-electron chi connectivity index (χ1n) is 5.77. The van der Waals surface area contributed by atoms with Gasteiger partial charge in [-0.05, 0) is 5.56 Å². The standard InChI is InChI=1S/C11H12F3N3O3/c1-16-3-6(2-15-16)7-4-17(5-8(7)9(18)19)10(20)11(12,13)14/h2-3,7-8H,4-5H2,1H3,(H,18,19)/t7-,8+/m0/s1. The molecule has 6 nitrogen and oxygen atoms in total. The van der Waals surface area contributed by atoms with E-state index in [1.54, 1.807) is 13.2 Å². The molecule has 1 aromatic heterocycles. The van der Waals surface area contributed by atoms with E-state index in [0.29, 0.717) is 10.5 Å². The molecule has 1 fully saturated rings. The normalized spacial score (nSPS) is 23.1. The molecule has 2 atom stereocenters. The van der Waals surface area contributed by atoms with E-state index in [-0.39, 0.29) is 6.54 Å². The SMILES string of the molecule is Cn1cc([C@@H]2CN(C(=O)C(F)(F)F)C[C@H]2C(=O)O)cn1. The molecule has 0 saturated carbocycles. The Kier molecular flexibility index (Phi) is 3.45. The minimum absolute atomic E-state index is 0.277. The van der Waals surface area contributed by atoms with Crippen LogP contribution in [-0.4, -0.2) is 50.9 Å². The first-order chi connectivity index (χ1) is 9.20. The molecule has 0 spiro atoms. The van der Waals surface area contributed by atoms with Crippen LogP contribution in [0.25, 0.3) is 0 Å². The zero-order valence-electron chi connectivity index (χ0n) is 10.5. The number of likely N-dealkylation sites (tertiary alicyclic amines) is 1. The summed E-state index contributed by atoms with van der Waals surface area (Å²) in [6.07, 6.45) is -2.04. The van der Waals surface area contributed by atoms with Crippen molar-refractivity contribution in [1.29, 1.82) is 0 Å². The van der Waals surface area contributed by atoms with E-state index < -0.39 is 36.4 Å². The topological polar surface area (TPSA) is 75.4 Å². The molecule has 1 amide bonds. The van der Waals surface area contributed by atoms with Crippen molar-refractivity contribution >= 4 is 11.9 Å². The quantitative estimate of drug-likeness (QED) is 0.866. The molecule has 0 bridgehead atoms. The number of carbonyl (C=O) groups is 2. The summed E-state index contributed by atoms with van der Waals surface area (Å²) in [5.41, 5.74) is 0.511. The lowest BCUT2D eigenvalue weighted by Crippen LogP contribution is -2.40. The molecule has 20 heavy (non-hydrogen) atoms. The van der Waals surface area contributed by atoms with Crippen molar-refractivity contribution in [2.45, 2.75) is 12.1 Å². The molecule has 2 heterocycles. The molecule has 110 valence electrons. The van der Waals surface area contributed by atoms with Gasteiger partial charge in [0, 0.05) is 32.3 Å². The maximum absolute atomic E-state index is 12.4. The fraction of sp³-hybridized carbons (Fsp3) is 0.545. The minimum Gasteiger partial charge on any atom is -0.481 e. The Hall–Kier alpha value is -2.06. The number of carbonyl (C=O) groups excluding carboxylic acids is 1. The molecule has 1 saturated heterocycles. The van der Waals surface area contributed by atoms with Crippen molar-refractivity contribution in [1.82, 2.24) is 14.7 Å². The van der Waals surface area contributed by atoms with Gasteiger partial charge in [-0.1, -0.05) is 0 Å². The average molecular weight is 291 g/mol. The third kappa shape index (κ3) is 2.61. The first kappa shape index (κ1) is 14.4. The van der Waals surface area contributed by atoms with Crippen LogP contribution in [0.1, 0.15) is 11.5 Å². The average Bonchev–Trinajstić information content (AvgIpc) is 2.92. The van der Waals surface area contributed by atoms with Gasteiger partial charge in [-0.2, -0.15) is 18.3 Å². The van der Waals surface area contributed by atoms with E-state index in [2.05, 4.69) is 5.10 Å². The third-order valence-corrected chi connectivity index (χ3v) is 3.32. The van der Waals surface area contributed by atoms with Crippen LogP contribution >= 0.6 is 0 Å². The molecular weight excluding hydrogens is 279 g/mol. The smallest absolute Gasteiger partial charge is 0.471 e. The Morgan fingerprint density at radius 3 is 2.50 bits per heavy atom. The van der Waals surface area contributed by atoms with Gasteiger partial charge in [-0.3, -0.25) is 14.3 Å². The fourth-order valence-electron chi connectivity index (χ4n) is 2.37. The van der Waals surface area contributed by atoms with Crippen molar-refractivity contribution in [3.8, 4) is 0 Å². The number of hydrogen-bond donors (Lipinski definition) is 1. The van der Waals surface area contributed by atoms with Gasteiger partial charge in [0.15, 0.2) is 0 Å². The Bertz CT molecular complexity index is 541. The highest BCUT2D eigenvalue weighted by Gasteiger charge is 2.49. The highest BCUT2D eigenvalue weighted by atomic mass is 19.4. The summed E-state index contributed by atoms with van der Waals surface area (Å²) in [5.74, 6) is -4.98. The van der Waals surface area contributed by atoms with Gasteiger partial charge >= 0.3 is 18.1 Å². The predicted octanol–water partition coefficient (Wildman–Crippen LogP) is 0.609. The van der Waals surface area contributed by atoms with Crippen molar-refractivity contribution in [3.05, 3.63) is 18.0 Å². The summed E-state index contributed by atoms with van der Waals surface area (Å²) in [6.45, 7) is -0.728. The zero-order chi connectivity index (χ0) is 15.1. The van der Waals surface area contributed by atoms with E-state index >= 15 is 0 Å². The third-order valence-electron chi connectivity index (χ3n) is 3.32. The van der Waals surface area contributed by atoms with Gasteiger partial charge in [0.1, 0.15) is 0 Å². The molecule has 1 aliphatic rings. The minimum atomic E-state index is -4.99. The Morgan fingerprint density at radius 2 is 2.05 bits per heavy atom. The number of aryl methyl sites for hydroxylation is 1. The van der Waals surface area contributed by atoms with Crippen LogP contribution in [0.2, 0.25) is 0 Å². The van der Waals surface area contributed by atoms with E-state index in [9.17, 15) is 22.8 Å². The van der Waals surface area contributed by atoms with Gasteiger partial charge in [0.25, 0.3) is 0 Å². The number of aromatic nitrogens is 2. The fourth-order valence-corrected chi connectivity index (χ4v) is 2.37. The Balaban J connectivity index is 2.24. The number of carboxylic acids is 1. The van der Waals surface area contributed by atoms with E-state index in [1.165, 1.54) is 10.9 Å². The van der Waals surface area contributed by atoms with Crippen LogP contribution in [0.4, 0.5) is 13.2 Å². The van der Waals surface area contributed by atoms with Gasteiger partial charge in [0.2, 0.25) is 0 Å². The van der Waals surface area contributed by atoms with Crippen molar-refractivity contribution in [2.24, 2.45) is 13.0 Å². The second-order valence-electron chi connectivity index (χ2n) is 4.71. The maximum atomic E-state index is 12.4. The predicted molar refractivity (Wildman–Crippen MR) is 59.7 cm³/mol. The monoisotopic (exact) mass is 291 g/mol. The molecule has 0 radical (unpaired) electrons. The zero-order valence-corrected chi connectivity index (χ0v) is 10.5. The molecule has 1 aromatic rings. The van der Waals surface area contributed by atoms with Crippen LogP contribution in [-0.2, 0) is 16.6 Å². The number of amides is 1. The molecule has 1 aliphatic heterocycles. The van der Waals surface area contributed by atoms with Gasteiger partial charge in [-0.15, -0.1) is 0 Å². The van der Waals surface area contributed by atoms with E-state index in [1.807, 2.05) is 0 Å². The molecular formula is C11H12F3N3O3. The van der Waals surface area contributed by atoms with Crippen molar-refractivity contribution in [2.75, 3.05) is 13.1 Å². The second-order valence-corrected chi connectivity index (χ2v) is 4.71. The summed E-state index contributed by atoms with van der Waals surface area (Å²) in [7, 11) is 1.62. The summed E-state index contributed by atoms with van der Waals surface area (Å²) in [5, 5.41) is 13.0. The largest absolute Gasteiger partial charge is 0.481 e. The Morgan fingerprint density at radius 1 is 1.40 bits per heavy atom. The van der Waals surface area contributed by atoms with E-state index in [0.717, 1.165) is 0 Å². The number of aliphatic carboxylic acids is 1. The summed E-state index contributed by atoms with van der Waals surface area (Å²) in [6, 6.07) is 0. The van der Waals surface area contributed by atoms with Crippen molar-refractivity contribution in [3.63, 3.8) is 0 Å². The van der Waals surface area contributed by atoms with Crippen LogP contribution in [0.5, 0.6) is 0 Å². The van der Waals surface area contributed by atoms with Crippen LogP contribution in [0.3, 0.4) is 0 Å².